The van der Waals surface area contributed by atoms with Crippen molar-refractivity contribution in [1.82, 2.24) is 20.2 Å². The maximum atomic E-state index is 14.1. The molecule has 0 bridgehead atoms. The largest absolute Gasteiger partial charge is 0.494 e. The monoisotopic (exact) mass is 524 g/mol. The number of benzene rings is 2. The average molecular weight is 525 g/mol. The van der Waals surface area contributed by atoms with Gasteiger partial charge in [-0.25, -0.2) is 0 Å². The average Bonchev–Trinajstić information content (AvgIpc) is 3.10. The molecule has 0 aliphatic carbocycles. The van der Waals surface area contributed by atoms with E-state index in [0.29, 0.717) is 31.7 Å². The summed E-state index contributed by atoms with van der Waals surface area (Å²) < 4.78 is 5.95. The normalized spacial score (nSPS) is 15.5. The van der Waals surface area contributed by atoms with Gasteiger partial charge in [0.05, 0.1) is 17.7 Å². The van der Waals surface area contributed by atoms with Gasteiger partial charge < -0.3 is 19.9 Å². The number of carbonyl (C=O) groups is 2. The number of nitrogens with one attached hydrogen (secondary N) is 2. The van der Waals surface area contributed by atoms with Crippen molar-refractivity contribution in [1.29, 1.82) is 0 Å². The molecule has 2 aromatic carbocycles. The highest BCUT2D eigenvalue weighted by Gasteiger charge is 2.32. The molecule has 39 heavy (non-hydrogen) atoms. The van der Waals surface area contributed by atoms with Gasteiger partial charge in [0.15, 0.2) is 0 Å². The third-order valence-corrected chi connectivity index (χ3v) is 7.59. The van der Waals surface area contributed by atoms with E-state index in [1.165, 1.54) is 5.56 Å². The minimum atomic E-state index is -0.518. The molecular formula is C32H36N4O3. The van der Waals surface area contributed by atoms with E-state index in [1.807, 2.05) is 61.7 Å². The Balaban J connectivity index is 1.33. The quantitative estimate of drug-likeness (QED) is 0.283. The van der Waals surface area contributed by atoms with Crippen LogP contribution in [0.5, 0.6) is 5.75 Å². The molecule has 3 heterocycles. The van der Waals surface area contributed by atoms with Crippen LogP contribution >= 0.6 is 0 Å². The first-order valence-electron chi connectivity index (χ1n) is 13.8. The first-order valence-corrected chi connectivity index (χ1v) is 13.8. The molecular weight excluding hydrogens is 488 g/mol. The van der Waals surface area contributed by atoms with Crippen LogP contribution in [-0.4, -0.2) is 45.9 Å². The lowest BCUT2D eigenvalue weighted by Crippen LogP contribution is -2.48. The number of para-hydroxylation sites is 1. The Morgan fingerprint density at radius 2 is 1.90 bits per heavy atom. The summed E-state index contributed by atoms with van der Waals surface area (Å²) in [5.74, 6) is 0.567. The molecule has 1 saturated heterocycles. The highest BCUT2D eigenvalue weighted by atomic mass is 16.5. The Labute approximate surface area is 229 Å². The van der Waals surface area contributed by atoms with Gasteiger partial charge in [0.25, 0.3) is 5.91 Å². The number of hydrogen-bond acceptors (Lipinski definition) is 4. The van der Waals surface area contributed by atoms with E-state index in [2.05, 4.69) is 28.3 Å². The summed E-state index contributed by atoms with van der Waals surface area (Å²) in [6, 6.07) is 17.1. The second-order valence-electron chi connectivity index (χ2n) is 10.3. The van der Waals surface area contributed by atoms with Crippen molar-refractivity contribution < 1.29 is 14.3 Å². The number of amides is 2. The minimum Gasteiger partial charge on any atom is -0.494 e. The molecule has 0 spiro atoms. The number of aromatic nitrogens is 2. The molecule has 0 unspecified atom stereocenters. The van der Waals surface area contributed by atoms with Crippen molar-refractivity contribution in [3.8, 4) is 5.75 Å². The van der Waals surface area contributed by atoms with Crippen LogP contribution in [0.2, 0.25) is 0 Å². The van der Waals surface area contributed by atoms with E-state index in [0.717, 1.165) is 59.2 Å². The highest BCUT2D eigenvalue weighted by molar-refractivity contribution is 6.07. The molecule has 1 atom stereocenters. The molecule has 7 heteroatoms. The number of nitrogens with zero attached hydrogens (tertiary/aromatic N) is 2. The van der Waals surface area contributed by atoms with Gasteiger partial charge in [0.1, 0.15) is 11.8 Å². The number of ether oxygens (including phenoxy) is 1. The lowest BCUT2D eigenvalue weighted by atomic mass is 10.0. The van der Waals surface area contributed by atoms with Crippen molar-refractivity contribution in [2.75, 3.05) is 13.2 Å². The van der Waals surface area contributed by atoms with Gasteiger partial charge in [0.2, 0.25) is 5.91 Å². The van der Waals surface area contributed by atoms with Gasteiger partial charge in [-0.3, -0.25) is 14.6 Å². The van der Waals surface area contributed by atoms with E-state index >= 15 is 0 Å². The third kappa shape index (κ3) is 6.14. The van der Waals surface area contributed by atoms with E-state index in [-0.39, 0.29) is 11.8 Å². The van der Waals surface area contributed by atoms with Crippen LogP contribution in [0, 0.1) is 13.8 Å². The molecule has 1 aliphatic rings. The zero-order chi connectivity index (χ0) is 27.2. The molecule has 1 aliphatic heterocycles. The molecule has 5 rings (SSSR count). The zero-order valence-corrected chi connectivity index (χ0v) is 22.7. The Morgan fingerprint density at radius 1 is 1.05 bits per heavy atom. The SMILES string of the molecule is Cc1[nH]c2c(C(=O)N(Cc3ccc(OCCCc4cccnc4)cc3)[C@H]3CCCCNC3=O)cccc2c1C. The van der Waals surface area contributed by atoms with E-state index in [9.17, 15) is 9.59 Å². The van der Waals surface area contributed by atoms with Crippen LogP contribution < -0.4 is 10.1 Å². The van der Waals surface area contributed by atoms with Crippen molar-refractivity contribution in [3.63, 3.8) is 0 Å². The van der Waals surface area contributed by atoms with Crippen LogP contribution in [0.25, 0.3) is 10.9 Å². The molecule has 0 saturated carbocycles. The fourth-order valence-corrected chi connectivity index (χ4v) is 5.26. The molecule has 0 radical (unpaired) electrons. The van der Waals surface area contributed by atoms with E-state index < -0.39 is 6.04 Å². The summed E-state index contributed by atoms with van der Waals surface area (Å²) in [6.07, 6.45) is 7.94. The maximum absolute atomic E-state index is 14.1. The van der Waals surface area contributed by atoms with E-state index in [1.54, 1.807) is 11.1 Å². The van der Waals surface area contributed by atoms with Gasteiger partial charge in [-0.1, -0.05) is 30.3 Å². The van der Waals surface area contributed by atoms with Crippen LogP contribution in [0.15, 0.2) is 67.0 Å². The summed E-state index contributed by atoms with van der Waals surface area (Å²) in [5, 5.41) is 4.04. The van der Waals surface area contributed by atoms with Gasteiger partial charge in [-0.2, -0.15) is 0 Å². The van der Waals surface area contributed by atoms with Crippen LogP contribution in [-0.2, 0) is 17.8 Å². The molecule has 4 aromatic rings. The molecule has 2 N–H and O–H groups in total. The first-order chi connectivity index (χ1) is 19.0. The lowest BCUT2D eigenvalue weighted by Gasteiger charge is -2.30. The predicted octanol–water partition coefficient (Wildman–Crippen LogP) is 5.50. The Hall–Kier alpha value is -4.13. The van der Waals surface area contributed by atoms with Gasteiger partial charge >= 0.3 is 0 Å². The standard InChI is InChI=1S/C32H36N4O3/c1-22-23(2)35-30-27(22)10-5-11-28(30)32(38)36(29-12-3-4-18-34-31(29)37)21-25-13-15-26(16-14-25)39-19-7-9-24-8-6-17-33-20-24/h5-6,8,10-11,13-17,20,29,35H,3-4,7,9,12,18-19,21H2,1-2H3,(H,34,37)/t29-/m0/s1. The number of aryl methyl sites for hydroxylation is 3. The Bertz CT molecular complexity index is 1430. The number of rotatable bonds is 9. The van der Waals surface area contributed by atoms with Crippen LogP contribution in [0.4, 0.5) is 0 Å². The van der Waals surface area contributed by atoms with Gasteiger partial charge in [-0.15, -0.1) is 0 Å². The molecule has 7 nitrogen and oxygen atoms in total. The zero-order valence-electron chi connectivity index (χ0n) is 22.7. The highest BCUT2D eigenvalue weighted by Crippen LogP contribution is 2.27. The second-order valence-corrected chi connectivity index (χ2v) is 10.3. The molecule has 2 amide bonds. The van der Waals surface area contributed by atoms with E-state index in [4.69, 9.17) is 4.74 Å². The number of pyridine rings is 1. The summed E-state index contributed by atoms with van der Waals surface area (Å²) >= 11 is 0. The predicted molar refractivity (Wildman–Crippen MR) is 153 cm³/mol. The lowest BCUT2D eigenvalue weighted by molar-refractivity contribution is -0.125. The third-order valence-electron chi connectivity index (χ3n) is 7.59. The summed E-state index contributed by atoms with van der Waals surface area (Å²) in [7, 11) is 0. The number of H-pyrrole nitrogens is 1. The smallest absolute Gasteiger partial charge is 0.256 e. The molecule has 2 aromatic heterocycles. The second kappa shape index (κ2) is 12.2. The maximum Gasteiger partial charge on any atom is 0.256 e. The number of aromatic amines is 1. The molecule has 1 fully saturated rings. The Kier molecular flexibility index (Phi) is 8.25. The Morgan fingerprint density at radius 3 is 2.69 bits per heavy atom. The summed E-state index contributed by atoms with van der Waals surface area (Å²) in [5.41, 5.74) is 5.74. The first kappa shape index (κ1) is 26.5. The van der Waals surface area contributed by atoms with Crippen molar-refractivity contribution in [2.24, 2.45) is 0 Å². The summed E-state index contributed by atoms with van der Waals surface area (Å²) in [6.45, 7) is 5.67. The molecule has 202 valence electrons. The fourth-order valence-electron chi connectivity index (χ4n) is 5.26. The van der Waals surface area contributed by atoms with Crippen LogP contribution in [0.3, 0.4) is 0 Å². The minimum absolute atomic E-state index is 0.0829. The van der Waals surface area contributed by atoms with Crippen molar-refractivity contribution in [3.05, 3.63) is 94.9 Å². The number of hydrogen-bond donors (Lipinski definition) is 2. The summed E-state index contributed by atoms with van der Waals surface area (Å²) in [4.78, 5) is 36.5. The van der Waals surface area contributed by atoms with Crippen LogP contribution in [0.1, 0.15) is 58.4 Å². The van der Waals surface area contributed by atoms with Crippen molar-refractivity contribution in [2.45, 2.75) is 58.5 Å². The van der Waals surface area contributed by atoms with Gasteiger partial charge in [0, 0.05) is 36.6 Å². The number of carbonyl (C=O) groups excluding carboxylic acids is 2. The fraction of sp³-hybridized carbons (Fsp3) is 0.344. The topological polar surface area (TPSA) is 87.3 Å². The number of fused-ring (bicyclic) bond motifs is 1. The van der Waals surface area contributed by atoms with Crippen molar-refractivity contribution >= 4 is 22.7 Å². The van der Waals surface area contributed by atoms with Gasteiger partial charge in [-0.05, 0) is 86.9 Å².